The van der Waals surface area contributed by atoms with E-state index in [4.69, 9.17) is 0 Å². The molecule has 0 saturated carbocycles. The molecule has 0 aliphatic heterocycles. The molecule has 0 spiro atoms. The van der Waals surface area contributed by atoms with Crippen LogP contribution in [-0.4, -0.2) is 25.8 Å². The van der Waals surface area contributed by atoms with Gasteiger partial charge in [0.05, 0.1) is 5.56 Å². The molecule has 0 aromatic heterocycles. The van der Waals surface area contributed by atoms with E-state index in [2.05, 4.69) is 5.32 Å². The van der Waals surface area contributed by atoms with Crippen molar-refractivity contribution in [3.8, 4) is 0 Å². The molecule has 0 unspecified atom stereocenters. The minimum absolute atomic E-state index is 0.166. The Balaban J connectivity index is 1.88. The van der Waals surface area contributed by atoms with Crippen molar-refractivity contribution in [3.05, 3.63) is 95.1 Å². The van der Waals surface area contributed by atoms with Crippen molar-refractivity contribution in [2.24, 2.45) is 0 Å². The number of nitrogens with one attached hydrogen (secondary N) is 1. The van der Waals surface area contributed by atoms with E-state index in [0.717, 1.165) is 11.3 Å². The minimum Gasteiger partial charge on any atom is -0.377 e. The second-order valence-electron chi connectivity index (χ2n) is 6.59. The molecule has 0 bridgehead atoms. The van der Waals surface area contributed by atoms with Gasteiger partial charge in [0.2, 0.25) is 0 Å². The normalized spacial score (nSPS) is 10.3. The average molecular weight is 358 g/mol. The largest absolute Gasteiger partial charge is 0.377 e. The predicted octanol–water partition coefficient (Wildman–Crippen LogP) is 4.54. The molecule has 0 fully saturated rings. The van der Waals surface area contributed by atoms with Crippen LogP contribution >= 0.6 is 0 Å². The van der Waals surface area contributed by atoms with Gasteiger partial charge in [0, 0.05) is 36.6 Å². The lowest BCUT2D eigenvalue weighted by atomic mass is 9.98. The number of rotatable bonds is 5. The lowest BCUT2D eigenvalue weighted by molar-refractivity contribution is 0.0996. The summed E-state index contributed by atoms with van der Waals surface area (Å²) in [5.74, 6) is -0.465. The molecule has 3 aromatic carbocycles. The van der Waals surface area contributed by atoms with E-state index in [1.165, 1.54) is 0 Å². The number of carbonyl (C=O) groups excluding carboxylic acids is 2. The summed E-state index contributed by atoms with van der Waals surface area (Å²) in [5.41, 5.74) is 4.16. The van der Waals surface area contributed by atoms with Crippen LogP contribution in [0, 0.1) is 6.92 Å². The van der Waals surface area contributed by atoms with E-state index in [1.807, 2.05) is 62.3 Å². The van der Waals surface area contributed by atoms with Crippen molar-refractivity contribution in [1.29, 1.82) is 0 Å². The Morgan fingerprint density at radius 2 is 1.44 bits per heavy atom. The highest BCUT2D eigenvalue weighted by molar-refractivity contribution is 6.17. The SMILES string of the molecule is Cc1cc(NC(=O)c2ccccc2C(=O)c2ccccc2)ccc1N(C)C. The fourth-order valence-electron chi connectivity index (χ4n) is 3.06. The van der Waals surface area contributed by atoms with Crippen molar-refractivity contribution in [3.63, 3.8) is 0 Å². The lowest BCUT2D eigenvalue weighted by Crippen LogP contribution is -2.17. The fourth-order valence-corrected chi connectivity index (χ4v) is 3.06. The molecule has 136 valence electrons. The summed E-state index contributed by atoms with van der Waals surface area (Å²) in [4.78, 5) is 27.7. The third kappa shape index (κ3) is 4.06. The molecule has 1 amide bonds. The van der Waals surface area contributed by atoms with Gasteiger partial charge in [-0.3, -0.25) is 9.59 Å². The van der Waals surface area contributed by atoms with Gasteiger partial charge in [-0.05, 0) is 36.8 Å². The first-order valence-corrected chi connectivity index (χ1v) is 8.75. The number of benzene rings is 3. The molecule has 0 radical (unpaired) electrons. The van der Waals surface area contributed by atoms with Crippen LogP contribution in [-0.2, 0) is 0 Å². The number of amides is 1. The molecule has 3 rings (SSSR count). The second-order valence-corrected chi connectivity index (χ2v) is 6.59. The minimum atomic E-state index is -0.299. The second kappa shape index (κ2) is 7.87. The Morgan fingerprint density at radius 3 is 2.07 bits per heavy atom. The van der Waals surface area contributed by atoms with Gasteiger partial charge in [0.1, 0.15) is 0 Å². The standard InChI is InChI=1S/C23H22N2O2/c1-16-15-18(13-14-21(16)25(2)3)24-23(27)20-12-8-7-11-19(20)22(26)17-9-5-4-6-10-17/h4-15H,1-3H3,(H,24,27). The Labute approximate surface area is 159 Å². The van der Waals surface area contributed by atoms with E-state index in [0.29, 0.717) is 22.4 Å². The summed E-state index contributed by atoms with van der Waals surface area (Å²) in [5, 5.41) is 2.90. The third-order valence-electron chi connectivity index (χ3n) is 4.39. The number of hydrogen-bond donors (Lipinski definition) is 1. The van der Waals surface area contributed by atoms with E-state index in [9.17, 15) is 9.59 Å². The Morgan fingerprint density at radius 1 is 0.815 bits per heavy atom. The zero-order valence-electron chi connectivity index (χ0n) is 15.7. The van der Waals surface area contributed by atoms with Crippen molar-refractivity contribution in [1.82, 2.24) is 0 Å². The lowest BCUT2D eigenvalue weighted by Gasteiger charge is -2.17. The molecule has 27 heavy (non-hydrogen) atoms. The molecular formula is C23H22N2O2. The maximum Gasteiger partial charge on any atom is 0.256 e. The molecule has 0 aliphatic carbocycles. The van der Waals surface area contributed by atoms with Crippen molar-refractivity contribution < 1.29 is 9.59 Å². The molecule has 0 aliphatic rings. The van der Waals surface area contributed by atoms with Crippen LogP contribution < -0.4 is 10.2 Å². The number of nitrogens with zero attached hydrogens (tertiary/aromatic N) is 1. The zero-order chi connectivity index (χ0) is 19.4. The molecular weight excluding hydrogens is 336 g/mol. The monoisotopic (exact) mass is 358 g/mol. The molecule has 0 atom stereocenters. The summed E-state index contributed by atoms with van der Waals surface area (Å²) in [6.45, 7) is 2.00. The molecule has 0 heterocycles. The first-order chi connectivity index (χ1) is 13.0. The molecule has 4 nitrogen and oxygen atoms in total. The van der Waals surface area contributed by atoms with Crippen molar-refractivity contribution in [2.45, 2.75) is 6.92 Å². The summed E-state index contributed by atoms with van der Waals surface area (Å²) in [6.07, 6.45) is 0. The van der Waals surface area contributed by atoms with E-state index in [-0.39, 0.29) is 11.7 Å². The fraction of sp³-hybridized carbons (Fsp3) is 0.130. The van der Waals surface area contributed by atoms with Gasteiger partial charge in [-0.25, -0.2) is 0 Å². The van der Waals surface area contributed by atoms with E-state index in [1.54, 1.807) is 36.4 Å². The number of aryl methyl sites for hydroxylation is 1. The van der Waals surface area contributed by atoms with Crippen LogP contribution in [0.5, 0.6) is 0 Å². The van der Waals surface area contributed by atoms with E-state index >= 15 is 0 Å². The van der Waals surface area contributed by atoms with E-state index < -0.39 is 0 Å². The van der Waals surface area contributed by atoms with Crippen LogP contribution in [0.4, 0.5) is 11.4 Å². The summed E-state index contributed by atoms with van der Waals surface area (Å²) >= 11 is 0. The predicted molar refractivity (Wildman–Crippen MR) is 110 cm³/mol. The van der Waals surface area contributed by atoms with Gasteiger partial charge in [-0.2, -0.15) is 0 Å². The smallest absolute Gasteiger partial charge is 0.256 e. The van der Waals surface area contributed by atoms with Gasteiger partial charge >= 0.3 is 0 Å². The van der Waals surface area contributed by atoms with Gasteiger partial charge in [-0.1, -0.05) is 48.5 Å². The average Bonchev–Trinajstić information content (AvgIpc) is 2.68. The van der Waals surface area contributed by atoms with Crippen molar-refractivity contribution in [2.75, 3.05) is 24.3 Å². The zero-order valence-corrected chi connectivity index (χ0v) is 15.7. The van der Waals surface area contributed by atoms with Crippen LogP contribution in [0.2, 0.25) is 0 Å². The Bertz CT molecular complexity index is 979. The third-order valence-corrected chi connectivity index (χ3v) is 4.39. The molecule has 0 saturated heterocycles. The molecule has 1 N–H and O–H groups in total. The van der Waals surface area contributed by atoms with Crippen LogP contribution in [0.25, 0.3) is 0 Å². The maximum absolute atomic E-state index is 12.8. The number of anilines is 2. The first-order valence-electron chi connectivity index (χ1n) is 8.75. The highest BCUT2D eigenvalue weighted by Gasteiger charge is 2.18. The van der Waals surface area contributed by atoms with Crippen LogP contribution in [0.1, 0.15) is 31.8 Å². The molecule has 4 heteroatoms. The molecule has 3 aromatic rings. The van der Waals surface area contributed by atoms with Crippen LogP contribution in [0.3, 0.4) is 0 Å². The van der Waals surface area contributed by atoms with Crippen molar-refractivity contribution >= 4 is 23.1 Å². The number of ketones is 1. The van der Waals surface area contributed by atoms with Gasteiger partial charge in [0.15, 0.2) is 5.78 Å². The summed E-state index contributed by atoms with van der Waals surface area (Å²) in [6, 6.07) is 21.6. The highest BCUT2D eigenvalue weighted by atomic mass is 16.2. The number of hydrogen-bond acceptors (Lipinski definition) is 3. The Kier molecular flexibility index (Phi) is 5.36. The first kappa shape index (κ1) is 18.4. The maximum atomic E-state index is 12.8. The Hall–Kier alpha value is -3.40. The van der Waals surface area contributed by atoms with Crippen LogP contribution in [0.15, 0.2) is 72.8 Å². The summed E-state index contributed by atoms with van der Waals surface area (Å²) in [7, 11) is 3.96. The quantitative estimate of drug-likeness (QED) is 0.681. The summed E-state index contributed by atoms with van der Waals surface area (Å²) < 4.78 is 0. The number of carbonyl (C=O) groups is 2. The highest BCUT2D eigenvalue weighted by Crippen LogP contribution is 2.23. The van der Waals surface area contributed by atoms with Gasteiger partial charge in [-0.15, -0.1) is 0 Å². The topological polar surface area (TPSA) is 49.4 Å². The van der Waals surface area contributed by atoms with Gasteiger partial charge < -0.3 is 10.2 Å². The van der Waals surface area contributed by atoms with Gasteiger partial charge in [0.25, 0.3) is 5.91 Å².